The molecule has 0 spiro atoms. The zero-order valence-electron chi connectivity index (χ0n) is 11.6. The highest BCUT2D eigenvalue weighted by Crippen LogP contribution is 2.29. The molecular weight excluding hydrogens is 298 g/mol. The van der Waals surface area contributed by atoms with Gasteiger partial charge in [-0.05, 0) is 37.1 Å². The van der Waals surface area contributed by atoms with Gasteiger partial charge in [0.15, 0.2) is 0 Å². The molecule has 0 radical (unpaired) electrons. The van der Waals surface area contributed by atoms with Gasteiger partial charge in [0.1, 0.15) is 5.75 Å². The molecular formula is C14H20ClNO3S. The van der Waals surface area contributed by atoms with Gasteiger partial charge in [-0.3, -0.25) is 0 Å². The third kappa shape index (κ3) is 3.27. The van der Waals surface area contributed by atoms with E-state index >= 15 is 0 Å². The molecule has 1 aliphatic rings. The molecule has 1 aromatic rings. The first-order valence-electron chi connectivity index (χ1n) is 6.81. The third-order valence-electron chi connectivity index (χ3n) is 3.70. The second-order valence-corrected chi connectivity index (χ2v) is 7.19. The normalized spacial score (nSPS) is 16.8. The van der Waals surface area contributed by atoms with E-state index in [0.717, 1.165) is 25.7 Å². The molecule has 0 bridgehead atoms. The fourth-order valence-corrected chi connectivity index (χ4v) is 4.63. The lowest BCUT2D eigenvalue weighted by Gasteiger charge is -2.27. The van der Waals surface area contributed by atoms with Gasteiger partial charge >= 0.3 is 0 Å². The van der Waals surface area contributed by atoms with Gasteiger partial charge in [-0.15, -0.1) is 11.6 Å². The van der Waals surface area contributed by atoms with Crippen LogP contribution in [0.25, 0.3) is 0 Å². The Bertz CT molecular complexity index is 524. The third-order valence-corrected chi connectivity index (χ3v) is 5.84. The monoisotopic (exact) mass is 317 g/mol. The number of hydrogen-bond donors (Lipinski definition) is 0. The van der Waals surface area contributed by atoms with E-state index in [1.54, 1.807) is 35.7 Å². The number of ether oxygens (including phenoxy) is 1. The van der Waals surface area contributed by atoms with E-state index in [4.69, 9.17) is 16.3 Å². The first-order valence-corrected chi connectivity index (χ1v) is 8.79. The van der Waals surface area contributed by atoms with Crippen molar-refractivity contribution >= 4 is 21.6 Å². The van der Waals surface area contributed by atoms with Crippen LogP contribution < -0.4 is 4.74 Å². The highest BCUT2D eigenvalue weighted by atomic mass is 35.5. The molecule has 0 amide bonds. The zero-order valence-corrected chi connectivity index (χ0v) is 13.2. The second kappa shape index (κ2) is 6.78. The molecule has 6 heteroatoms. The van der Waals surface area contributed by atoms with Crippen LogP contribution in [0.2, 0.25) is 0 Å². The minimum absolute atomic E-state index is 0.0841. The quantitative estimate of drug-likeness (QED) is 0.758. The molecule has 1 aliphatic carbocycles. The average molecular weight is 318 g/mol. The molecule has 1 saturated carbocycles. The Balaban J connectivity index is 2.28. The van der Waals surface area contributed by atoms with E-state index in [1.165, 1.54) is 0 Å². The highest BCUT2D eigenvalue weighted by molar-refractivity contribution is 7.89. The number of halogens is 1. The van der Waals surface area contributed by atoms with Crippen molar-refractivity contribution in [2.45, 2.75) is 36.6 Å². The summed E-state index contributed by atoms with van der Waals surface area (Å²) in [5.74, 6) is 0.958. The molecule has 0 aliphatic heterocycles. The van der Waals surface area contributed by atoms with Gasteiger partial charge < -0.3 is 4.74 Å². The van der Waals surface area contributed by atoms with Crippen molar-refractivity contribution in [1.82, 2.24) is 4.31 Å². The maximum absolute atomic E-state index is 12.7. The van der Waals surface area contributed by atoms with Crippen LogP contribution in [0, 0.1) is 0 Å². The predicted molar refractivity (Wildman–Crippen MR) is 79.9 cm³/mol. The molecule has 0 heterocycles. The van der Waals surface area contributed by atoms with Gasteiger partial charge in [0.05, 0.1) is 12.0 Å². The minimum Gasteiger partial charge on any atom is -0.497 e. The Morgan fingerprint density at radius 3 is 2.35 bits per heavy atom. The van der Waals surface area contributed by atoms with E-state index in [0.29, 0.717) is 23.1 Å². The van der Waals surface area contributed by atoms with Crippen LogP contribution in [0.3, 0.4) is 0 Å². The molecule has 0 aromatic heterocycles. The summed E-state index contributed by atoms with van der Waals surface area (Å²) in [5, 5.41) is 0. The topological polar surface area (TPSA) is 46.6 Å². The molecule has 0 unspecified atom stereocenters. The lowest BCUT2D eigenvalue weighted by molar-refractivity contribution is 0.337. The van der Waals surface area contributed by atoms with Crippen molar-refractivity contribution in [2.24, 2.45) is 0 Å². The van der Waals surface area contributed by atoms with Gasteiger partial charge in [0, 0.05) is 18.5 Å². The summed E-state index contributed by atoms with van der Waals surface area (Å²) in [7, 11) is -1.92. The van der Waals surface area contributed by atoms with Crippen LogP contribution in [0.15, 0.2) is 29.2 Å². The van der Waals surface area contributed by atoms with Crippen LogP contribution in [0.4, 0.5) is 0 Å². The molecule has 0 saturated heterocycles. The fourth-order valence-electron chi connectivity index (χ4n) is 2.66. The van der Waals surface area contributed by atoms with Crippen molar-refractivity contribution < 1.29 is 13.2 Å². The smallest absolute Gasteiger partial charge is 0.243 e. The van der Waals surface area contributed by atoms with Gasteiger partial charge in [-0.2, -0.15) is 4.31 Å². The SMILES string of the molecule is COc1ccc(S(=O)(=O)N(CCCl)C2CCCC2)cc1. The van der Waals surface area contributed by atoms with E-state index in [2.05, 4.69) is 0 Å². The number of alkyl halides is 1. The van der Waals surface area contributed by atoms with Crippen molar-refractivity contribution in [1.29, 1.82) is 0 Å². The van der Waals surface area contributed by atoms with Crippen LogP contribution in [0.1, 0.15) is 25.7 Å². The van der Waals surface area contributed by atoms with E-state index < -0.39 is 10.0 Å². The average Bonchev–Trinajstić information content (AvgIpc) is 2.98. The van der Waals surface area contributed by atoms with Gasteiger partial charge in [0.2, 0.25) is 10.0 Å². The molecule has 20 heavy (non-hydrogen) atoms. The maximum atomic E-state index is 12.7. The van der Waals surface area contributed by atoms with Crippen molar-refractivity contribution in [2.75, 3.05) is 19.5 Å². The van der Waals surface area contributed by atoms with Crippen molar-refractivity contribution in [3.8, 4) is 5.75 Å². The second-order valence-electron chi connectivity index (χ2n) is 4.92. The molecule has 112 valence electrons. The van der Waals surface area contributed by atoms with Gasteiger partial charge in [-0.1, -0.05) is 12.8 Å². The molecule has 0 N–H and O–H groups in total. The summed E-state index contributed by atoms with van der Waals surface area (Å²) in [6.07, 6.45) is 4.02. The lowest BCUT2D eigenvalue weighted by Crippen LogP contribution is -2.40. The summed E-state index contributed by atoms with van der Waals surface area (Å²) in [5.41, 5.74) is 0. The van der Waals surface area contributed by atoms with Gasteiger partial charge in [0.25, 0.3) is 0 Å². The van der Waals surface area contributed by atoms with E-state index in [-0.39, 0.29) is 6.04 Å². The standard InChI is InChI=1S/C14H20ClNO3S/c1-19-13-6-8-14(9-7-13)20(17,18)16(11-10-15)12-4-2-3-5-12/h6-9,12H,2-5,10-11H2,1H3. The summed E-state index contributed by atoms with van der Waals surface area (Å²) in [6, 6.07) is 6.59. The van der Waals surface area contributed by atoms with Crippen LogP contribution in [0.5, 0.6) is 5.75 Å². The van der Waals surface area contributed by atoms with E-state index in [9.17, 15) is 8.42 Å². The summed E-state index contributed by atoms with van der Waals surface area (Å²) in [4.78, 5) is 0.301. The minimum atomic E-state index is -3.48. The summed E-state index contributed by atoms with van der Waals surface area (Å²) < 4.78 is 32.1. The van der Waals surface area contributed by atoms with Crippen LogP contribution in [-0.2, 0) is 10.0 Å². The molecule has 2 rings (SSSR count). The maximum Gasteiger partial charge on any atom is 0.243 e. The van der Waals surface area contributed by atoms with E-state index in [1.807, 2.05) is 0 Å². The lowest BCUT2D eigenvalue weighted by atomic mass is 10.2. The summed E-state index contributed by atoms with van der Waals surface area (Å²) >= 11 is 5.79. The largest absolute Gasteiger partial charge is 0.497 e. The first-order chi connectivity index (χ1) is 9.59. The molecule has 0 atom stereocenters. The Morgan fingerprint density at radius 1 is 1.25 bits per heavy atom. The number of methoxy groups -OCH3 is 1. The molecule has 1 fully saturated rings. The Labute approximate surface area is 125 Å². The number of rotatable bonds is 6. The summed E-state index contributed by atoms with van der Waals surface area (Å²) in [6.45, 7) is 0.362. The predicted octanol–water partition coefficient (Wildman–Crippen LogP) is 2.87. The highest BCUT2D eigenvalue weighted by Gasteiger charge is 2.32. The Morgan fingerprint density at radius 2 is 1.85 bits per heavy atom. The number of benzene rings is 1. The number of sulfonamides is 1. The number of nitrogens with zero attached hydrogens (tertiary/aromatic N) is 1. The first kappa shape index (κ1) is 15.6. The molecule has 4 nitrogen and oxygen atoms in total. The van der Waals surface area contributed by atoms with Crippen molar-refractivity contribution in [3.05, 3.63) is 24.3 Å². The zero-order chi connectivity index (χ0) is 14.6. The fraction of sp³-hybridized carbons (Fsp3) is 0.571. The van der Waals surface area contributed by atoms with Gasteiger partial charge in [-0.25, -0.2) is 8.42 Å². The van der Waals surface area contributed by atoms with Crippen LogP contribution in [-0.4, -0.2) is 38.3 Å². The Kier molecular flexibility index (Phi) is 5.29. The molecule has 1 aromatic carbocycles. The Hall–Kier alpha value is -0.780. The van der Waals surface area contributed by atoms with Crippen molar-refractivity contribution in [3.63, 3.8) is 0 Å². The van der Waals surface area contributed by atoms with Crippen LogP contribution >= 0.6 is 11.6 Å². The number of hydrogen-bond acceptors (Lipinski definition) is 3.